The van der Waals surface area contributed by atoms with Crippen molar-refractivity contribution in [1.29, 1.82) is 0 Å². The normalized spacial score (nSPS) is 10.3. The minimum atomic E-state index is -0.220. The van der Waals surface area contributed by atoms with Crippen LogP contribution in [0.2, 0.25) is 5.02 Å². The molecule has 0 spiro atoms. The Morgan fingerprint density at radius 3 is 2.71 bits per heavy atom. The number of aryl methyl sites for hydroxylation is 1. The number of aromatic nitrogens is 2. The van der Waals surface area contributed by atoms with Gasteiger partial charge in [0, 0.05) is 17.6 Å². The zero-order valence-corrected chi connectivity index (χ0v) is 14.8. The van der Waals surface area contributed by atoms with Gasteiger partial charge in [-0.1, -0.05) is 24.9 Å². The smallest absolute Gasteiger partial charge is 0.271 e. The highest BCUT2D eigenvalue weighted by molar-refractivity contribution is 6.31. The number of hydrogen-bond donors (Lipinski definition) is 2. The van der Waals surface area contributed by atoms with Gasteiger partial charge in [0.1, 0.15) is 17.3 Å². The Morgan fingerprint density at radius 2 is 2.08 bits per heavy atom. The number of nitrogens with zero attached hydrogens (tertiary/aromatic N) is 2. The molecule has 0 saturated carbocycles. The number of anilines is 2. The number of halogens is 1. The molecule has 2 aromatic rings. The first kappa shape index (κ1) is 18.0. The van der Waals surface area contributed by atoms with Crippen LogP contribution in [-0.2, 0) is 0 Å². The molecular weight excluding hydrogens is 328 g/mol. The van der Waals surface area contributed by atoms with Gasteiger partial charge in [-0.2, -0.15) is 0 Å². The molecule has 0 saturated heterocycles. The number of carbonyl (C=O) groups is 1. The number of benzene rings is 1. The van der Waals surface area contributed by atoms with E-state index in [0.717, 1.165) is 24.1 Å². The minimum absolute atomic E-state index is 0.220. The summed E-state index contributed by atoms with van der Waals surface area (Å²) in [6.07, 6.45) is 4.92. The maximum absolute atomic E-state index is 11.9. The SMILES string of the molecule is CCCCNC(=O)c1cnc(Nc2cc(C)c(Cl)cc2OC)cn1. The van der Waals surface area contributed by atoms with Crippen LogP contribution in [0.3, 0.4) is 0 Å². The van der Waals surface area contributed by atoms with Crippen LogP contribution in [0.25, 0.3) is 0 Å². The van der Waals surface area contributed by atoms with Crippen molar-refractivity contribution in [1.82, 2.24) is 15.3 Å². The lowest BCUT2D eigenvalue weighted by atomic mass is 10.2. The second kappa shape index (κ2) is 8.49. The number of unbranched alkanes of at least 4 members (excludes halogenated alkanes) is 1. The molecule has 7 heteroatoms. The van der Waals surface area contributed by atoms with Gasteiger partial charge in [0.2, 0.25) is 0 Å². The van der Waals surface area contributed by atoms with E-state index in [2.05, 4.69) is 27.5 Å². The van der Waals surface area contributed by atoms with Gasteiger partial charge in [-0.3, -0.25) is 4.79 Å². The number of amides is 1. The summed E-state index contributed by atoms with van der Waals surface area (Å²) in [5.41, 5.74) is 1.93. The van der Waals surface area contributed by atoms with E-state index in [9.17, 15) is 4.79 Å². The highest BCUT2D eigenvalue weighted by atomic mass is 35.5. The minimum Gasteiger partial charge on any atom is -0.495 e. The summed E-state index contributed by atoms with van der Waals surface area (Å²) in [7, 11) is 1.57. The molecule has 0 bridgehead atoms. The van der Waals surface area contributed by atoms with Gasteiger partial charge < -0.3 is 15.4 Å². The highest BCUT2D eigenvalue weighted by Gasteiger charge is 2.10. The van der Waals surface area contributed by atoms with E-state index in [1.807, 2.05) is 13.0 Å². The van der Waals surface area contributed by atoms with Gasteiger partial charge in [0.25, 0.3) is 5.91 Å². The van der Waals surface area contributed by atoms with Crippen molar-refractivity contribution in [2.24, 2.45) is 0 Å². The van der Waals surface area contributed by atoms with E-state index in [0.29, 0.717) is 23.1 Å². The number of methoxy groups -OCH3 is 1. The molecule has 0 atom stereocenters. The molecule has 128 valence electrons. The summed E-state index contributed by atoms with van der Waals surface area (Å²) in [6, 6.07) is 3.61. The van der Waals surface area contributed by atoms with Gasteiger partial charge in [-0.15, -0.1) is 0 Å². The van der Waals surface area contributed by atoms with E-state index in [1.165, 1.54) is 12.4 Å². The quantitative estimate of drug-likeness (QED) is 0.746. The third kappa shape index (κ3) is 4.58. The van der Waals surface area contributed by atoms with Crippen molar-refractivity contribution in [3.63, 3.8) is 0 Å². The average Bonchev–Trinajstić information content (AvgIpc) is 2.58. The molecule has 6 nitrogen and oxygen atoms in total. The topological polar surface area (TPSA) is 76.1 Å². The molecule has 24 heavy (non-hydrogen) atoms. The Balaban J connectivity index is 2.09. The fourth-order valence-electron chi connectivity index (χ4n) is 2.05. The van der Waals surface area contributed by atoms with Crippen molar-refractivity contribution in [3.8, 4) is 5.75 Å². The van der Waals surface area contributed by atoms with E-state index in [1.54, 1.807) is 13.2 Å². The van der Waals surface area contributed by atoms with Gasteiger partial charge in [0.05, 0.1) is 25.2 Å². The molecule has 0 fully saturated rings. The van der Waals surface area contributed by atoms with Gasteiger partial charge in [-0.25, -0.2) is 9.97 Å². The van der Waals surface area contributed by atoms with E-state index < -0.39 is 0 Å². The first-order valence-electron chi connectivity index (χ1n) is 7.76. The molecule has 2 N–H and O–H groups in total. The Kier molecular flexibility index (Phi) is 6.37. The summed E-state index contributed by atoms with van der Waals surface area (Å²) < 4.78 is 5.31. The Morgan fingerprint density at radius 1 is 1.29 bits per heavy atom. The van der Waals surface area contributed by atoms with E-state index in [-0.39, 0.29) is 11.6 Å². The molecule has 0 unspecified atom stereocenters. The van der Waals surface area contributed by atoms with E-state index >= 15 is 0 Å². The molecule has 1 aromatic carbocycles. The highest BCUT2D eigenvalue weighted by Crippen LogP contribution is 2.32. The van der Waals surface area contributed by atoms with Crippen LogP contribution in [0.15, 0.2) is 24.5 Å². The van der Waals surface area contributed by atoms with Crippen LogP contribution < -0.4 is 15.4 Å². The maximum atomic E-state index is 11.9. The molecule has 0 aliphatic carbocycles. The summed E-state index contributed by atoms with van der Waals surface area (Å²) in [5, 5.41) is 6.55. The van der Waals surface area contributed by atoms with Gasteiger partial charge in [0.15, 0.2) is 0 Å². The second-order valence-corrected chi connectivity index (χ2v) is 5.73. The number of rotatable bonds is 7. The van der Waals surface area contributed by atoms with Crippen molar-refractivity contribution in [2.75, 3.05) is 19.0 Å². The lowest BCUT2D eigenvalue weighted by molar-refractivity contribution is 0.0948. The average molecular weight is 349 g/mol. The summed E-state index contributed by atoms with van der Waals surface area (Å²) in [4.78, 5) is 20.3. The Bertz CT molecular complexity index is 704. The first-order chi connectivity index (χ1) is 11.5. The van der Waals surface area contributed by atoms with Crippen molar-refractivity contribution >= 4 is 29.0 Å². The molecule has 0 radical (unpaired) electrons. The Hall–Kier alpha value is -2.34. The fraction of sp³-hybridized carbons (Fsp3) is 0.353. The molecule has 0 aliphatic heterocycles. The second-order valence-electron chi connectivity index (χ2n) is 5.32. The van der Waals surface area contributed by atoms with Crippen LogP contribution in [0.1, 0.15) is 35.8 Å². The van der Waals surface area contributed by atoms with Crippen molar-refractivity contribution in [3.05, 3.63) is 40.8 Å². The monoisotopic (exact) mass is 348 g/mol. The molecule has 1 amide bonds. The van der Waals surface area contributed by atoms with Crippen LogP contribution >= 0.6 is 11.6 Å². The lowest BCUT2D eigenvalue weighted by Gasteiger charge is -2.12. The third-order valence-electron chi connectivity index (χ3n) is 3.44. The van der Waals surface area contributed by atoms with Crippen LogP contribution in [-0.4, -0.2) is 29.5 Å². The molecular formula is C17H21ClN4O2. The maximum Gasteiger partial charge on any atom is 0.271 e. The predicted octanol–water partition coefficient (Wildman–Crippen LogP) is 3.72. The summed E-state index contributed by atoms with van der Waals surface area (Å²) >= 11 is 6.10. The first-order valence-corrected chi connectivity index (χ1v) is 8.14. The zero-order valence-electron chi connectivity index (χ0n) is 14.0. The van der Waals surface area contributed by atoms with Crippen molar-refractivity contribution in [2.45, 2.75) is 26.7 Å². The summed E-state index contributed by atoms with van der Waals surface area (Å²) in [6.45, 7) is 4.61. The van der Waals surface area contributed by atoms with E-state index in [4.69, 9.17) is 16.3 Å². The molecule has 1 heterocycles. The lowest BCUT2D eigenvalue weighted by Crippen LogP contribution is -2.25. The number of carbonyl (C=O) groups excluding carboxylic acids is 1. The van der Waals surface area contributed by atoms with Gasteiger partial charge >= 0.3 is 0 Å². The number of nitrogens with one attached hydrogen (secondary N) is 2. The summed E-state index contributed by atoms with van der Waals surface area (Å²) in [5.74, 6) is 0.899. The van der Waals surface area contributed by atoms with Gasteiger partial charge in [-0.05, 0) is 25.0 Å². The Labute approximate surface area is 146 Å². The van der Waals surface area contributed by atoms with Crippen molar-refractivity contribution < 1.29 is 9.53 Å². The standard InChI is InChI=1S/C17H21ClN4O2/c1-4-5-6-19-17(23)14-9-21-16(10-20-14)22-13-7-11(2)12(18)8-15(13)24-3/h7-10H,4-6H2,1-3H3,(H,19,23)(H,21,22). The molecule has 0 aliphatic rings. The molecule has 1 aromatic heterocycles. The molecule has 2 rings (SSSR count). The van der Waals surface area contributed by atoms with Crippen LogP contribution in [0.4, 0.5) is 11.5 Å². The van der Waals surface area contributed by atoms with Crippen LogP contribution in [0.5, 0.6) is 5.75 Å². The third-order valence-corrected chi connectivity index (χ3v) is 3.85. The largest absolute Gasteiger partial charge is 0.495 e. The fourth-order valence-corrected chi connectivity index (χ4v) is 2.20. The number of ether oxygens (including phenoxy) is 1. The zero-order chi connectivity index (χ0) is 17.5. The van der Waals surface area contributed by atoms with Crippen LogP contribution in [0, 0.1) is 6.92 Å². The predicted molar refractivity (Wildman–Crippen MR) is 95.3 cm³/mol. The number of hydrogen-bond acceptors (Lipinski definition) is 5.